The van der Waals surface area contributed by atoms with Crippen molar-refractivity contribution in [1.82, 2.24) is 0 Å². The Morgan fingerprint density at radius 1 is 1.35 bits per heavy atom. The van der Waals surface area contributed by atoms with E-state index in [4.69, 9.17) is 21.1 Å². The summed E-state index contributed by atoms with van der Waals surface area (Å²) in [6.07, 6.45) is 3.26. The standard InChI is InChI=1S/C15H18ClFO3/c1-19-15(18)10-5-7-12(8-6-10)20-9-11-3-2-4-13(17)14(11)16/h2-4,10,12H,5-9H2,1H3. The summed E-state index contributed by atoms with van der Waals surface area (Å²) in [6, 6.07) is 4.70. The number of carbonyl (C=O) groups is 1. The molecule has 0 amide bonds. The fraction of sp³-hybridized carbons (Fsp3) is 0.533. The van der Waals surface area contributed by atoms with Gasteiger partial charge in [-0.05, 0) is 37.3 Å². The van der Waals surface area contributed by atoms with Crippen molar-refractivity contribution in [1.29, 1.82) is 0 Å². The van der Waals surface area contributed by atoms with E-state index in [1.165, 1.54) is 13.2 Å². The molecule has 0 aromatic heterocycles. The van der Waals surface area contributed by atoms with Crippen LogP contribution in [-0.4, -0.2) is 19.2 Å². The first-order valence-corrected chi connectivity index (χ1v) is 7.12. The van der Waals surface area contributed by atoms with Gasteiger partial charge in [-0.25, -0.2) is 4.39 Å². The second-order valence-electron chi connectivity index (χ2n) is 5.02. The lowest BCUT2D eigenvalue weighted by Gasteiger charge is -2.27. The maximum atomic E-state index is 13.3. The second kappa shape index (κ2) is 7.04. The third-order valence-electron chi connectivity index (χ3n) is 3.71. The van der Waals surface area contributed by atoms with Gasteiger partial charge in [0, 0.05) is 0 Å². The Morgan fingerprint density at radius 2 is 2.05 bits per heavy atom. The molecular weight excluding hydrogens is 283 g/mol. The van der Waals surface area contributed by atoms with E-state index < -0.39 is 5.82 Å². The fourth-order valence-electron chi connectivity index (χ4n) is 2.50. The van der Waals surface area contributed by atoms with Crippen LogP contribution < -0.4 is 0 Å². The maximum absolute atomic E-state index is 13.3. The number of carbonyl (C=O) groups excluding carboxylic acids is 1. The molecule has 1 aromatic carbocycles. The third-order valence-corrected chi connectivity index (χ3v) is 4.14. The van der Waals surface area contributed by atoms with E-state index in [2.05, 4.69) is 0 Å². The predicted octanol–water partition coefficient (Wildman–Crippen LogP) is 3.73. The summed E-state index contributed by atoms with van der Waals surface area (Å²) in [5.41, 5.74) is 0.654. The summed E-state index contributed by atoms with van der Waals surface area (Å²) in [6.45, 7) is 0.296. The highest BCUT2D eigenvalue weighted by Crippen LogP contribution is 2.28. The first-order chi connectivity index (χ1) is 9.61. The lowest BCUT2D eigenvalue weighted by atomic mass is 9.87. The van der Waals surface area contributed by atoms with E-state index in [1.807, 2.05) is 0 Å². The molecule has 0 atom stereocenters. The molecule has 0 aliphatic heterocycles. The molecule has 0 radical (unpaired) electrons. The van der Waals surface area contributed by atoms with Crippen LogP contribution in [0, 0.1) is 11.7 Å². The van der Waals surface area contributed by atoms with Crippen molar-refractivity contribution < 1.29 is 18.7 Å². The van der Waals surface area contributed by atoms with Crippen molar-refractivity contribution in [2.24, 2.45) is 5.92 Å². The number of benzene rings is 1. The van der Waals surface area contributed by atoms with E-state index in [0.717, 1.165) is 25.7 Å². The molecule has 3 nitrogen and oxygen atoms in total. The Morgan fingerprint density at radius 3 is 2.70 bits per heavy atom. The smallest absolute Gasteiger partial charge is 0.308 e. The van der Waals surface area contributed by atoms with Gasteiger partial charge in [0.1, 0.15) is 5.82 Å². The quantitative estimate of drug-likeness (QED) is 0.795. The van der Waals surface area contributed by atoms with Crippen molar-refractivity contribution in [2.45, 2.75) is 38.4 Å². The zero-order valence-corrected chi connectivity index (χ0v) is 12.2. The molecule has 1 aliphatic rings. The first-order valence-electron chi connectivity index (χ1n) is 6.74. The van der Waals surface area contributed by atoms with Gasteiger partial charge in [-0.2, -0.15) is 0 Å². The van der Waals surface area contributed by atoms with E-state index in [1.54, 1.807) is 12.1 Å². The summed E-state index contributed by atoms with van der Waals surface area (Å²) >= 11 is 5.88. The molecule has 0 N–H and O–H groups in total. The average molecular weight is 301 g/mol. The van der Waals surface area contributed by atoms with Gasteiger partial charge >= 0.3 is 5.97 Å². The molecule has 2 rings (SSSR count). The van der Waals surface area contributed by atoms with E-state index in [0.29, 0.717) is 12.2 Å². The molecule has 0 unspecified atom stereocenters. The number of hydrogen-bond donors (Lipinski definition) is 0. The monoisotopic (exact) mass is 300 g/mol. The second-order valence-corrected chi connectivity index (χ2v) is 5.40. The Kier molecular flexibility index (Phi) is 5.38. The lowest BCUT2D eigenvalue weighted by molar-refractivity contribution is -0.147. The molecule has 0 spiro atoms. The Labute approximate surface area is 123 Å². The van der Waals surface area contributed by atoms with Gasteiger partial charge in [0.2, 0.25) is 0 Å². The van der Waals surface area contributed by atoms with Gasteiger partial charge < -0.3 is 9.47 Å². The maximum Gasteiger partial charge on any atom is 0.308 e. The van der Waals surface area contributed by atoms with Crippen LogP contribution in [0.25, 0.3) is 0 Å². The number of esters is 1. The number of methoxy groups -OCH3 is 1. The van der Waals surface area contributed by atoms with Gasteiger partial charge in [-0.15, -0.1) is 0 Å². The minimum atomic E-state index is -0.429. The zero-order valence-electron chi connectivity index (χ0n) is 11.4. The van der Waals surface area contributed by atoms with Gasteiger partial charge in [-0.3, -0.25) is 4.79 Å². The van der Waals surface area contributed by atoms with E-state index >= 15 is 0 Å². The molecule has 110 valence electrons. The van der Waals surface area contributed by atoms with E-state index in [9.17, 15) is 9.18 Å². The Balaban J connectivity index is 1.82. The molecule has 0 bridgehead atoms. The number of ether oxygens (including phenoxy) is 2. The summed E-state index contributed by atoms with van der Waals surface area (Å²) in [5, 5.41) is 0.121. The van der Waals surface area contributed by atoms with Crippen molar-refractivity contribution in [3.8, 4) is 0 Å². The summed E-state index contributed by atoms with van der Waals surface area (Å²) in [5.74, 6) is -0.587. The molecule has 20 heavy (non-hydrogen) atoms. The molecule has 5 heteroatoms. The number of hydrogen-bond acceptors (Lipinski definition) is 3. The van der Waals surface area contributed by atoms with Gasteiger partial charge in [0.25, 0.3) is 0 Å². The van der Waals surface area contributed by atoms with Gasteiger partial charge in [0.05, 0.1) is 30.8 Å². The molecule has 1 aliphatic carbocycles. The Hall–Kier alpha value is -1.13. The van der Waals surface area contributed by atoms with Crippen LogP contribution in [0.3, 0.4) is 0 Å². The van der Waals surface area contributed by atoms with Crippen LogP contribution >= 0.6 is 11.6 Å². The van der Waals surface area contributed by atoms with Crippen LogP contribution in [0.5, 0.6) is 0 Å². The summed E-state index contributed by atoms with van der Waals surface area (Å²) < 4.78 is 23.8. The molecule has 1 saturated carbocycles. The highest BCUT2D eigenvalue weighted by atomic mass is 35.5. The minimum absolute atomic E-state index is 0.0161. The third kappa shape index (κ3) is 3.70. The molecule has 0 heterocycles. The molecular formula is C15H18ClFO3. The first kappa shape index (κ1) is 15.3. The average Bonchev–Trinajstić information content (AvgIpc) is 2.48. The fourth-order valence-corrected chi connectivity index (χ4v) is 2.68. The van der Waals surface area contributed by atoms with Crippen LogP contribution in [0.4, 0.5) is 4.39 Å². The van der Waals surface area contributed by atoms with Crippen molar-refractivity contribution in [3.05, 3.63) is 34.6 Å². The van der Waals surface area contributed by atoms with Crippen LogP contribution in [0.1, 0.15) is 31.2 Å². The minimum Gasteiger partial charge on any atom is -0.469 e. The van der Waals surface area contributed by atoms with E-state index in [-0.39, 0.29) is 23.0 Å². The topological polar surface area (TPSA) is 35.5 Å². The van der Waals surface area contributed by atoms with Crippen LogP contribution in [0.15, 0.2) is 18.2 Å². The van der Waals surface area contributed by atoms with Gasteiger partial charge in [0.15, 0.2) is 0 Å². The largest absolute Gasteiger partial charge is 0.469 e. The molecule has 0 saturated heterocycles. The summed E-state index contributed by atoms with van der Waals surface area (Å²) in [4.78, 5) is 11.4. The molecule has 1 fully saturated rings. The van der Waals surface area contributed by atoms with Crippen molar-refractivity contribution >= 4 is 17.6 Å². The normalized spacial score (nSPS) is 22.6. The van der Waals surface area contributed by atoms with Crippen molar-refractivity contribution in [3.63, 3.8) is 0 Å². The van der Waals surface area contributed by atoms with Crippen LogP contribution in [0.2, 0.25) is 5.02 Å². The number of halogens is 2. The van der Waals surface area contributed by atoms with Crippen molar-refractivity contribution in [2.75, 3.05) is 7.11 Å². The highest BCUT2D eigenvalue weighted by Gasteiger charge is 2.27. The van der Waals surface area contributed by atoms with Gasteiger partial charge in [-0.1, -0.05) is 23.7 Å². The highest BCUT2D eigenvalue weighted by molar-refractivity contribution is 6.31. The molecule has 1 aromatic rings. The predicted molar refractivity (Wildman–Crippen MR) is 74.0 cm³/mol. The number of rotatable bonds is 4. The Bertz CT molecular complexity index is 470. The SMILES string of the molecule is COC(=O)C1CCC(OCc2cccc(F)c2Cl)CC1. The lowest BCUT2D eigenvalue weighted by Crippen LogP contribution is -2.26. The van der Waals surface area contributed by atoms with Crippen LogP contribution in [-0.2, 0) is 20.9 Å². The summed E-state index contributed by atoms with van der Waals surface area (Å²) in [7, 11) is 1.41. The zero-order chi connectivity index (χ0) is 14.5.